The lowest BCUT2D eigenvalue weighted by Crippen LogP contribution is -2.36. The summed E-state index contributed by atoms with van der Waals surface area (Å²) < 4.78 is 13.1. The molecular formula is C28H29N5O4. The third kappa shape index (κ3) is 6.07. The number of hydrogen-bond donors (Lipinski definition) is 1. The molecule has 3 heterocycles. The van der Waals surface area contributed by atoms with E-state index < -0.39 is 0 Å². The first-order chi connectivity index (χ1) is 18.0. The zero-order valence-corrected chi connectivity index (χ0v) is 20.7. The molecule has 2 aromatic heterocycles. The van der Waals surface area contributed by atoms with Gasteiger partial charge in [-0.2, -0.15) is 0 Å². The van der Waals surface area contributed by atoms with Gasteiger partial charge in [-0.25, -0.2) is 4.98 Å². The Morgan fingerprint density at radius 2 is 1.78 bits per heavy atom. The lowest BCUT2D eigenvalue weighted by atomic mass is 10.2. The van der Waals surface area contributed by atoms with Crippen molar-refractivity contribution in [2.75, 3.05) is 50.1 Å². The second-order valence-electron chi connectivity index (χ2n) is 8.87. The van der Waals surface area contributed by atoms with E-state index in [1.807, 2.05) is 59.3 Å². The van der Waals surface area contributed by atoms with Gasteiger partial charge in [-0.1, -0.05) is 6.07 Å². The Hall–Kier alpha value is -4.37. The molecule has 1 fully saturated rings. The van der Waals surface area contributed by atoms with E-state index in [0.717, 1.165) is 43.3 Å². The highest BCUT2D eigenvalue weighted by Gasteiger charge is 2.16. The molecule has 190 valence electrons. The monoisotopic (exact) mass is 499 g/mol. The van der Waals surface area contributed by atoms with Gasteiger partial charge in [-0.3, -0.25) is 9.59 Å². The summed E-state index contributed by atoms with van der Waals surface area (Å²) in [7, 11) is 1.61. The zero-order chi connectivity index (χ0) is 25.6. The number of benzene rings is 2. The van der Waals surface area contributed by atoms with Crippen LogP contribution in [0.4, 0.5) is 11.4 Å². The molecule has 1 N–H and O–H groups in total. The van der Waals surface area contributed by atoms with Gasteiger partial charge in [0.25, 0.3) is 5.91 Å². The van der Waals surface area contributed by atoms with Crippen molar-refractivity contribution in [3.63, 3.8) is 0 Å². The molecule has 0 aliphatic carbocycles. The average molecular weight is 500 g/mol. The quantitative estimate of drug-likeness (QED) is 0.400. The minimum Gasteiger partial charge on any atom is -0.487 e. The third-order valence-corrected chi connectivity index (χ3v) is 6.16. The van der Waals surface area contributed by atoms with Crippen LogP contribution in [0.3, 0.4) is 0 Å². The molecule has 2 aromatic carbocycles. The van der Waals surface area contributed by atoms with Crippen molar-refractivity contribution in [2.45, 2.75) is 6.61 Å². The highest BCUT2D eigenvalue weighted by Crippen LogP contribution is 2.19. The molecule has 2 amide bonds. The lowest BCUT2D eigenvalue weighted by molar-refractivity contribution is -0.116. The number of nitrogens with one attached hydrogen (secondary N) is 1. The first-order valence-electron chi connectivity index (χ1n) is 12.2. The number of nitrogens with zero attached hydrogens (tertiary/aromatic N) is 4. The molecular weight excluding hydrogens is 470 g/mol. The van der Waals surface area contributed by atoms with Gasteiger partial charge in [0, 0.05) is 49.5 Å². The Bertz CT molecular complexity index is 1330. The SMILES string of the molecule is CN(CC(=O)Nc1ccc(N2CCOCC2)cc1)C(=O)c1ccc(OCc2cn3ccccc3n2)cc1. The molecule has 1 aliphatic rings. The first-order valence-corrected chi connectivity index (χ1v) is 12.2. The largest absolute Gasteiger partial charge is 0.487 e. The number of hydrogen-bond acceptors (Lipinski definition) is 6. The Kier molecular flexibility index (Phi) is 7.32. The molecule has 0 atom stereocenters. The van der Waals surface area contributed by atoms with Crippen molar-refractivity contribution in [2.24, 2.45) is 0 Å². The van der Waals surface area contributed by atoms with E-state index in [4.69, 9.17) is 9.47 Å². The maximum atomic E-state index is 12.8. The number of likely N-dealkylation sites (N-methyl/N-ethyl adjacent to an activating group) is 1. The van der Waals surface area contributed by atoms with Crippen molar-refractivity contribution in [1.29, 1.82) is 0 Å². The molecule has 4 aromatic rings. The Morgan fingerprint density at radius 3 is 2.51 bits per heavy atom. The second kappa shape index (κ2) is 11.1. The third-order valence-electron chi connectivity index (χ3n) is 6.16. The van der Waals surface area contributed by atoms with E-state index in [1.54, 1.807) is 31.3 Å². The maximum Gasteiger partial charge on any atom is 0.254 e. The number of amides is 2. The number of carbonyl (C=O) groups excluding carboxylic acids is 2. The van der Waals surface area contributed by atoms with Gasteiger partial charge < -0.3 is 29.0 Å². The van der Waals surface area contributed by atoms with Crippen molar-refractivity contribution in [3.8, 4) is 5.75 Å². The van der Waals surface area contributed by atoms with Crippen LogP contribution in [0.25, 0.3) is 5.65 Å². The Morgan fingerprint density at radius 1 is 1.03 bits per heavy atom. The number of rotatable bonds is 8. The van der Waals surface area contributed by atoms with Crippen LogP contribution in [0.1, 0.15) is 16.1 Å². The summed E-state index contributed by atoms with van der Waals surface area (Å²) in [5, 5.41) is 2.86. The summed E-state index contributed by atoms with van der Waals surface area (Å²) in [6.07, 6.45) is 3.86. The van der Waals surface area contributed by atoms with Gasteiger partial charge in [-0.05, 0) is 60.7 Å². The summed E-state index contributed by atoms with van der Waals surface area (Å²) in [6, 6.07) is 20.4. The van der Waals surface area contributed by atoms with Crippen LogP contribution < -0.4 is 15.0 Å². The summed E-state index contributed by atoms with van der Waals surface area (Å²) in [5.41, 5.74) is 3.94. The van der Waals surface area contributed by atoms with Crippen molar-refractivity contribution in [3.05, 3.63) is 90.4 Å². The first kappa shape index (κ1) is 24.3. The van der Waals surface area contributed by atoms with E-state index >= 15 is 0 Å². The van der Waals surface area contributed by atoms with E-state index in [9.17, 15) is 9.59 Å². The summed E-state index contributed by atoms with van der Waals surface area (Å²) in [6.45, 7) is 3.41. The van der Waals surface area contributed by atoms with Gasteiger partial charge in [0.15, 0.2) is 0 Å². The van der Waals surface area contributed by atoms with Crippen LogP contribution in [-0.4, -0.2) is 66.0 Å². The number of imidazole rings is 1. The molecule has 5 rings (SSSR count). The number of ether oxygens (including phenoxy) is 2. The molecule has 0 spiro atoms. The maximum absolute atomic E-state index is 12.8. The number of fused-ring (bicyclic) bond motifs is 1. The van der Waals surface area contributed by atoms with E-state index in [1.165, 1.54) is 4.90 Å². The molecule has 37 heavy (non-hydrogen) atoms. The highest BCUT2D eigenvalue weighted by atomic mass is 16.5. The minimum absolute atomic E-state index is 0.0593. The Balaban J connectivity index is 1.10. The molecule has 9 nitrogen and oxygen atoms in total. The van der Waals surface area contributed by atoms with Gasteiger partial charge in [-0.15, -0.1) is 0 Å². The number of carbonyl (C=O) groups is 2. The van der Waals surface area contributed by atoms with E-state index in [2.05, 4.69) is 15.2 Å². The molecule has 0 radical (unpaired) electrons. The van der Waals surface area contributed by atoms with Crippen LogP contribution in [0.2, 0.25) is 0 Å². The summed E-state index contributed by atoms with van der Waals surface area (Å²) >= 11 is 0. The van der Waals surface area contributed by atoms with Crippen LogP contribution >= 0.6 is 0 Å². The Labute approximate surface area is 215 Å². The number of anilines is 2. The van der Waals surface area contributed by atoms with Crippen molar-refractivity contribution < 1.29 is 19.1 Å². The van der Waals surface area contributed by atoms with E-state index in [0.29, 0.717) is 23.6 Å². The van der Waals surface area contributed by atoms with Gasteiger partial charge in [0.1, 0.15) is 18.0 Å². The standard InChI is InChI=1S/C28H29N5O4/c1-31(19-27(34)30-22-7-9-24(10-8-22)32-14-16-36-17-15-32)28(35)21-5-11-25(12-6-21)37-20-23-18-33-13-3-2-4-26(33)29-23/h2-13,18H,14-17,19-20H2,1H3,(H,30,34). The predicted molar refractivity (Wildman–Crippen MR) is 141 cm³/mol. The molecule has 0 saturated carbocycles. The summed E-state index contributed by atoms with van der Waals surface area (Å²) in [4.78, 5) is 33.5. The minimum atomic E-state index is -0.262. The van der Waals surface area contributed by atoms with Crippen LogP contribution in [0.5, 0.6) is 5.75 Å². The van der Waals surface area contributed by atoms with Gasteiger partial charge >= 0.3 is 0 Å². The van der Waals surface area contributed by atoms with Crippen LogP contribution in [0.15, 0.2) is 79.1 Å². The van der Waals surface area contributed by atoms with Crippen LogP contribution in [0, 0.1) is 0 Å². The molecule has 1 saturated heterocycles. The highest BCUT2D eigenvalue weighted by molar-refractivity contribution is 5.99. The molecule has 0 bridgehead atoms. The topological polar surface area (TPSA) is 88.4 Å². The van der Waals surface area contributed by atoms with Gasteiger partial charge in [0.05, 0.1) is 25.5 Å². The van der Waals surface area contributed by atoms with Crippen LogP contribution in [-0.2, 0) is 16.1 Å². The fourth-order valence-corrected chi connectivity index (χ4v) is 4.19. The number of aromatic nitrogens is 2. The second-order valence-corrected chi connectivity index (χ2v) is 8.87. The number of morpholine rings is 1. The smallest absolute Gasteiger partial charge is 0.254 e. The summed E-state index contributed by atoms with van der Waals surface area (Å²) in [5.74, 6) is 0.127. The fourth-order valence-electron chi connectivity index (χ4n) is 4.19. The normalized spacial score (nSPS) is 13.4. The number of pyridine rings is 1. The zero-order valence-electron chi connectivity index (χ0n) is 20.7. The lowest BCUT2D eigenvalue weighted by Gasteiger charge is -2.28. The predicted octanol–water partition coefficient (Wildman–Crippen LogP) is 3.46. The van der Waals surface area contributed by atoms with E-state index in [-0.39, 0.29) is 18.4 Å². The molecule has 1 aliphatic heterocycles. The average Bonchev–Trinajstić information content (AvgIpc) is 3.36. The van der Waals surface area contributed by atoms with Crippen molar-refractivity contribution >= 4 is 28.8 Å². The van der Waals surface area contributed by atoms with Crippen molar-refractivity contribution in [1.82, 2.24) is 14.3 Å². The molecule has 0 unspecified atom stereocenters. The fraction of sp³-hybridized carbons (Fsp3) is 0.250. The molecule has 9 heteroatoms. The van der Waals surface area contributed by atoms with Gasteiger partial charge in [0.2, 0.25) is 5.91 Å².